The van der Waals surface area contributed by atoms with E-state index in [1.54, 1.807) is 6.92 Å². The fourth-order valence-corrected chi connectivity index (χ4v) is 1.17. The SMILES string of the molecule is Cc1noc(NC(=O)CCCNC(C)C)n1. The van der Waals surface area contributed by atoms with Crippen LogP contribution in [0, 0.1) is 6.92 Å². The average molecular weight is 226 g/mol. The largest absolute Gasteiger partial charge is 0.328 e. The minimum Gasteiger partial charge on any atom is -0.315 e. The Morgan fingerprint density at radius 3 is 2.81 bits per heavy atom. The van der Waals surface area contributed by atoms with Gasteiger partial charge < -0.3 is 9.84 Å². The predicted octanol–water partition coefficient (Wildman–Crippen LogP) is 1.09. The highest BCUT2D eigenvalue weighted by molar-refractivity contribution is 5.88. The molecule has 0 atom stereocenters. The first-order chi connectivity index (χ1) is 7.58. The number of carbonyl (C=O) groups is 1. The number of anilines is 1. The van der Waals surface area contributed by atoms with E-state index >= 15 is 0 Å². The first-order valence-corrected chi connectivity index (χ1v) is 5.41. The Kier molecular flexibility index (Phi) is 4.91. The normalized spacial score (nSPS) is 10.8. The molecule has 0 aliphatic heterocycles. The zero-order valence-electron chi connectivity index (χ0n) is 9.91. The highest BCUT2D eigenvalue weighted by Crippen LogP contribution is 2.03. The fraction of sp³-hybridized carbons (Fsp3) is 0.700. The second-order valence-electron chi connectivity index (χ2n) is 3.91. The summed E-state index contributed by atoms with van der Waals surface area (Å²) in [6.45, 7) is 6.67. The molecule has 90 valence electrons. The van der Waals surface area contributed by atoms with Gasteiger partial charge in [-0.25, -0.2) is 0 Å². The van der Waals surface area contributed by atoms with Gasteiger partial charge in [0.1, 0.15) is 0 Å². The lowest BCUT2D eigenvalue weighted by Gasteiger charge is -2.06. The van der Waals surface area contributed by atoms with Crippen LogP contribution in [0.25, 0.3) is 0 Å². The number of aromatic nitrogens is 2. The zero-order chi connectivity index (χ0) is 12.0. The van der Waals surface area contributed by atoms with E-state index in [-0.39, 0.29) is 11.9 Å². The maximum atomic E-state index is 11.4. The molecule has 1 amide bonds. The smallest absolute Gasteiger partial charge is 0.315 e. The summed E-state index contributed by atoms with van der Waals surface area (Å²) in [5, 5.41) is 9.36. The van der Waals surface area contributed by atoms with Crippen molar-refractivity contribution in [3.8, 4) is 0 Å². The summed E-state index contributed by atoms with van der Waals surface area (Å²) < 4.78 is 4.77. The van der Waals surface area contributed by atoms with Gasteiger partial charge in [0.05, 0.1) is 0 Å². The van der Waals surface area contributed by atoms with Gasteiger partial charge in [-0.15, -0.1) is 0 Å². The zero-order valence-corrected chi connectivity index (χ0v) is 9.91. The summed E-state index contributed by atoms with van der Waals surface area (Å²) in [4.78, 5) is 15.3. The van der Waals surface area contributed by atoms with Gasteiger partial charge in [-0.3, -0.25) is 10.1 Å². The van der Waals surface area contributed by atoms with E-state index in [0.29, 0.717) is 18.3 Å². The molecule has 0 radical (unpaired) electrons. The third-order valence-electron chi connectivity index (χ3n) is 1.91. The molecule has 0 aromatic carbocycles. The van der Waals surface area contributed by atoms with Crippen molar-refractivity contribution < 1.29 is 9.32 Å². The number of hydrogen-bond donors (Lipinski definition) is 2. The molecule has 0 unspecified atom stereocenters. The van der Waals surface area contributed by atoms with Crippen molar-refractivity contribution >= 4 is 11.9 Å². The number of nitrogens with zero attached hydrogens (tertiary/aromatic N) is 2. The highest BCUT2D eigenvalue weighted by Gasteiger charge is 2.07. The molecular formula is C10H18N4O2. The quantitative estimate of drug-likeness (QED) is 0.710. The molecule has 16 heavy (non-hydrogen) atoms. The average Bonchev–Trinajstić information content (AvgIpc) is 2.58. The van der Waals surface area contributed by atoms with Crippen LogP contribution < -0.4 is 10.6 Å². The molecule has 0 saturated heterocycles. The van der Waals surface area contributed by atoms with Crippen LogP contribution in [0.1, 0.15) is 32.5 Å². The van der Waals surface area contributed by atoms with E-state index in [2.05, 4.69) is 34.6 Å². The standard InChI is InChI=1S/C10H18N4O2/c1-7(2)11-6-4-5-9(15)13-10-12-8(3)14-16-10/h7,11H,4-6H2,1-3H3,(H,12,13,14,15). The van der Waals surface area contributed by atoms with Gasteiger partial charge >= 0.3 is 6.01 Å². The molecule has 1 aromatic rings. The minimum absolute atomic E-state index is 0.103. The molecule has 0 bridgehead atoms. The summed E-state index contributed by atoms with van der Waals surface area (Å²) in [5.74, 6) is 0.408. The number of rotatable bonds is 6. The van der Waals surface area contributed by atoms with E-state index in [1.165, 1.54) is 0 Å². The topological polar surface area (TPSA) is 80.0 Å². The maximum absolute atomic E-state index is 11.4. The van der Waals surface area contributed by atoms with Gasteiger partial charge in [0, 0.05) is 12.5 Å². The molecule has 0 fully saturated rings. The van der Waals surface area contributed by atoms with Gasteiger partial charge in [-0.1, -0.05) is 19.0 Å². The Balaban J connectivity index is 2.16. The van der Waals surface area contributed by atoms with Gasteiger partial charge in [-0.2, -0.15) is 4.98 Å². The molecule has 0 saturated carbocycles. The lowest BCUT2D eigenvalue weighted by molar-refractivity contribution is -0.116. The minimum atomic E-state index is -0.103. The monoisotopic (exact) mass is 226 g/mol. The van der Waals surface area contributed by atoms with Crippen LogP contribution in [0.3, 0.4) is 0 Å². The Morgan fingerprint density at radius 1 is 1.50 bits per heavy atom. The second-order valence-corrected chi connectivity index (χ2v) is 3.91. The highest BCUT2D eigenvalue weighted by atomic mass is 16.5. The van der Waals surface area contributed by atoms with Crippen LogP contribution in [0.15, 0.2) is 4.52 Å². The maximum Gasteiger partial charge on any atom is 0.328 e. The van der Waals surface area contributed by atoms with Crippen molar-refractivity contribution in [2.45, 2.75) is 39.7 Å². The number of carbonyl (C=O) groups excluding carboxylic acids is 1. The van der Waals surface area contributed by atoms with Crippen LogP contribution in [-0.4, -0.2) is 28.6 Å². The lowest BCUT2D eigenvalue weighted by Crippen LogP contribution is -2.24. The van der Waals surface area contributed by atoms with E-state index < -0.39 is 0 Å². The molecule has 1 heterocycles. The van der Waals surface area contributed by atoms with E-state index in [0.717, 1.165) is 13.0 Å². The number of hydrogen-bond acceptors (Lipinski definition) is 5. The second kappa shape index (κ2) is 6.22. The van der Waals surface area contributed by atoms with Gasteiger partial charge in [0.25, 0.3) is 0 Å². The molecule has 0 aliphatic rings. The molecule has 6 heteroatoms. The summed E-state index contributed by atoms with van der Waals surface area (Å²) in [7, 11) is 0. The van der Waals surface area contributed by atoms with Crippen LogP contribution in [-0.2, 0) is 4.79 Å². The summed E-state index contributed by atoms with van der Waals surface area (Å²) in [6.07, 6.45) is 1.23. The Morgan fingerprint density at radius 2 is 2.25 bits per heavy atom. The van der Waals surface area contributed by atoms with Crippen LogP contribution in [0.2, 0.25) is 0 Å². The van der Waals surface area contributed by atoms with Gasteiger partial charge in [-0.05, 0) is 19.9 Å². The molecule has 0 spiro atoms. The van der Waals surface area contributed by atoms with Crippen LogP contribution in [0.5, 0.6) is 0 Å². The molecule has 2 N–H and O–H groups in total. The number of aryl methyl sites for hydroxylation is 1. The molecule has 0 aliphatic carbocycles. The molecular weight excluding hydrogens is 208 g/mol. The first kappa shape index (κ1) is 12.6. The Labute approximate surface area is 94.8 Å². The van der Waals surface area contributed by atoms with Crippen molar-refractivity contribution in [2.75, 3.05) is 11.9 Å². The molecule has 6 nitrogen and oxygen atoms in total. The van der Waals surface area contributed by atoms with Crippen LogP contribution >= 0.6 is 0 Å². The van der Waals surface area contributed by atoms with Crippen molar-refractivity contribution in [3.05, 3.63) is 5.82 Å². The molecule has 1 rings (SSSR count). The predicted molar refractivity (Wildman–Crippen MR) is 60.0 cm³/mol. The third kappa shape index (κ3) is 4.88. The number of nitrogens with one attached hydrogen (secondary N) is 2. The van der Waals surface area contributed by atoms with E-state index in [1.807, 2.05) is 0 Å². The van der Waals surface area contributed by atoms with Gasteiger partial charge in [0.2, 0.25) is 5.91 Å². The Hall–Kier alpha value is -1.43. The van der Waals surface area contributed by atoms with E-state index in [4.69, 9.17) is 4.52 Å². The number of amides is 1. The van der Waals surface area contributed by atoms with Crippen molar-refractivity contribution in [3.63, 3.8) is 0 Å². The van der Waals surface area contributed by atoms with Crippen molar-refractivity contribution in [1.29, 1.82) is 0 Å². The Bertz CT molecular complexity index is 335. The molecule has 1 aromatic heterocycles. The van der Waals surface area contributed by atoms with Crippen molar-refractivity contribution in [1.82, 2.24) is 15.5 Å². The summed E-state index contributed by atoms with van der Waals surface area (Å²) in [5.41, 5.74) is 0. The van der Waals surface area contributed by atoms with E-state index in [9.17, 15) is 4.79 Å². The van der Waals surface area contributed by atoms with Crippen LogP contribution in [0.4, 0.5) is 6.01 Å². The third-order valence-corrected chi connectivity index (χ3v) is 1.91. The first-order valence-electron chi connectivity index (χ1n) is 5.41. The van der Waals surface area contributed by atoms with Gasteiger partial charge in [0.15, 0.2) is 5.82 Å². The van der Waals surface area contributed by atoms with Crippen molar-refractivity contribution in [2.24, 2.45) is 0 Å². The fourth-order valence-electron chi connectivity index (χ4n) is 1.17. The summed E-state index contributed by atoms with van der Waals surface area (Å²) >= 11 is 0. The lowest BCUT2D eigenvalue weighted by atomic mass is 10.3. The summed E-state index contributed by atoms with van der Waals surface area (Å²) in [6, 6.07) is 0.612.